The average Bonchev–Trinajstić information content (AvgIpc) is 3.31. The maximum Gasteiger partial charge on any atom is 0.238 e. The molecule has 2 amide bonds. The molecule has 0 spiro atoms. The van der Waals surface area contributed by atoms with Crippen LogP contribution < -0.4 is 10.2 Å². The molecule has 0 bridgehead atoms. The Morgan fingerprint density at radius 2 is 1.37 bits per heavy atom. The third-order valence-corrected chi connectivity index (χ3v) is 8.08. The first-order valence-corrected chi connectivity index (χ1v) is 13.9. The summed E-state index contributed by atoms with van der Waals surface area (Å²) in [6.07, 6.45) is 0. The van der Waals surface area contributed by atoms with Crippen molar-refractivity contribution >= 4 is 35.0 Å². The van der Waals surface area contributed by atoms with Gasteiger partial charge < -0.3 is 5.32 Å². The van der Waals surface area contributed by atoms with Crippen LogP contribution in [0.5, 0.6) is 0 Å². The number of benzene rings is 4. The molecule has 1 fully saturated rings. The summed E-state index contributed by atoms with van der Waals surface area (Å²) >= 11 is 1.62. The first kappa shape index (κ1) is 25.8. The molecule has 192 valence electrons. The van der Waals surface area contributed by atoms with Gasteiger partial charge in [-0.15, -0.1) is 11.8 Å². The molecule has 0 saturated carbocycles. The number of hydrogen-bond acceptors (Lipinski definition) is 3. The molecule has 5 heteroatoms. The van der Waals surface area contributed by atoms with Crippen molar-refractivity contribution < 1.29 is 9.59 Å². The number of thioether (sulfide) groups is 1. The number of nitrogens with zero attached hydrogens (tertiary/aromatic N) is 1. The van der Waals surface area contributed by atoms with Crippen molar-refractivity contribution in [3.05, 3.63) is 131 Å². The molecule has 0 aromatic heterocycles. The highest BCUT2D eigenvalue weighted by Crippen LogP contribution is 2.42. The van der Waals surface area contributed by atoms with Crippen LogP contribution in [0.15, 0.2) is 109 Å². The molecule has 1 heterocycles. The Kier molecular flexibility index (Phi) is 7.39. The van der Waals surface area contributed by atoms with E-state index in [1.807, 2.05) is 102 Å². The summed E-state index contributed by atoms with van der Waals surface area (Å²) in [7, 11) is 0. The van der Waals surface area contributed by atoms with Gasteiger partial charge in [-0.25, -0.2) is 0 Å². The Labute approximate surface area is 229 Å². The summed E-state index contributed by atoms with van der Waals surface area (Å²) < 4.78 is 0. The normalized spacial score (nSPS) is 15.6. The molecular formula is C33H32N2O2S. The zero-order valence-corrected chi connectivity index (χ0v) is 22.7. The molecule has 0 radical (unpaired) electrons. The van der Waals surface area contributed by atoms with Gasteiger partial charge in [0.15, 0.2) is 0 Å². The van der Waals surface area contributed by atoms with Gasteiger partial charge in [-0.2, -0.15) is 0 Å². The number of hydrogen-bond donors (Lipinski definition) is 1. The van der Waals surface area contributed by atoms with Gasteiger partial charge >= 0.3 is 0 Å². The lowest BCUT2D eigenvalue weighted by molar-refractivity contribution is -0.117. The SMILES string of the molecule is CC(C)(C)c1ccc(N2C(=O)CSC2c2ccc(NC(=O)C(c3ccccc3)c3ccccc3)cc2)cc1. The molecule has 1 aliphatic heterocycles. The van der Waals surface area contributed by atoms with E-state index in [-0.39, 0.29) is 22.6 Å². The molecule has 1 atom stereocenters. The second kappa shape index (κ2) is 10.9. The van der Waals surface area contributed by atoms with E-state index in [0.717, 1.165) is 28.1 Å². The van der Waals surface area contributed by atoms with E-state index in [9.17, 15) is 9.59 Å². The molecule has 4 aromatic carbocycles. The number of nitrogens with one attached hydrogen (secondary N) is 1. The highest BCUT2D eigenvalue weighted by molar-refractivity contribution is 8.00. The van der Waals surface area contributed by atoms with E-state index in [1.165, 1.54) is 5.56 Å². The Hall–Kier alpha value is -3.83. The molecular weight excluding hydrogens is 488 g/mol. The van der Waals surface area contributed by atoms with Crippen LogP contribution in [0.4, 0.5) is 11.4 Å². The van der Waals surface area contributed by atoms with Crippen molar-refractivity contribution in [3.63, 3.8) is 0 Å². The van der Waals surface area contributed by atoms with Gasteiger partial charge in [0.1, 0.15) is 5.37 Å². The van der Waals surface area contributed by atoms with Gasteiger partial charge in [-0.05, 0) is 51.9 Å². The van der Waals surface area contributed by atoms with E-state index in [0.29, 0.717) is 5.75 Å². The fourth-order valence-corrected chi connectivity index (χ4v) is 5.98. The third kappa shape index (κ3) is 5.53. The highest BCUT2D eigenvalue weighted by atomic mass is 32.2. The Bertz CT molecular complexity index is 1360. The van der Waals surface area contributed by atoms with Crippen LogP contribution in [0, 0.1) is 0 Å². The van der Waals surface area contributed by atoms with E-state index < -0.39 is 5.92 Å². The van der Waals surface area contributed by atoms with Crippen molar-refractivity contribution in [3.8, 4) is 0 Å². The topological polar surface area (TPSA) is 49.4 Å². The monoisotopic (exact) mass is 520 g/mol. The third-order valence-electron chi connectivity index (χ3n) is 6.87. The molecule has 4 nitrogen and oxygen atoms in total. The Morgan fingerprint density at radius 1 is 0.816 bits per heavy atom. The van der Waals surface area contributed by atoms with Crippen molar-refractivity contribution in [2.45, 2.75) is 37.5 Å². The van der Waals surface area contributed by atoms with E-state index in [4.69, 9.17) is 0 Å². The zero-order chi connectivity index (χ0) is 26.7. The predicted molar refractivity (Wildman–Crippen MR) is 158 cm³/mol. The number of carbonyl (C=O) groups is 2. The Balaban J connectivity index is 1.35. The summed E-state index contributed by atoms with van der Waals surface area (Å²) in [6.45, 7) is 6.55. The largest absolute Gasteiger partial charge is 0.325 e. The van der Waals surface area contributed by atoms with Crippen LogP contribution in [0.2, 0.25) is 0 Å². The maximum atomic E-state index is 13.5. The van der Waals surface area contributed by atoms with Crippen molar-refractivity contribution in [2.24, 2.45) is 0 Å². The number of carbonyl (C=O) groups excluding carboxylic acids is 2. The van der Waals surface area contributed by atoms with Gasteiger partial charge in [0, 0.05) is 11.4 Å². The summed E-state index contributed by atoms with van der Waals surface area (Å²) in [5.41, 5.74) is 5.85. The van der Waals surface area contributed by atoms with Gasteiger partial charge in [0.25, 0.3) is 0 Å². The van der Waals surface area contributed by atoms with E-state index in [2.05, 4.69) is 38.2 Å². The van der Waals surface area contributed by atoms with Gasteiger partial charge in [-0.1, -0.05) is 106 Å². The fourth-order valence-electron chi connectivity index (χ4n) is 4.80. The van der Waals surface area contributed by atoms with Crippen LogP contribution in [0.25, 0.3) is 0 Å². The molecule has 4 aromatic rings. The molecule has 1 saturated heterocycles. The fraction of sp³-hybridized carbons (Fsp3) is 0.212. The summed E-state index contributed by atoms with van der Waals surface area (Å²) in [5, 5.41) is 3.00. The quantitative estimate of drug-likeness (QED) is 0.286. The van der Waals surface area contributed by atoms with Crippen molar-refractivity contribution in [2.75, 3.05) is 16.0 Å². The summed E-state index contributed by atoms with van der Waals surface area (Å²) in [6, 6.07) is 35.8. The molecule has 1 aliphatic rings. The molecule has 1 unspecified atom stereocenters. The average molecular weight is 521 g/mol. The lowest BCUT2D eigenvalue weighted by atomic mass is 9.87. The van der Waals surface area contributed by atoms with Crippen LogP contribution in [0.1, 0.15) is 54.3 Å². The molecule has 1 N–H and O–H groups in total. The van der Waals surface area contributed by atoms with Gasteiger partial charge in [-0.3, -0.25) is 14.5 Å². The van der Waals surface area contributed by atoms with Crippen molar-refractivity contribution in [1.82, 2.24) is 0 Å². The predicted octanol–water partition coefficient (Wildman–Crippen LogP) is 7.53. The smallest absolute Gasteiger partial charge is 0.238 e. The number of anilines is 2. The minimum atomic E-state index is -0.411. The highest BCUT2D eigenvalue weighted by Gasteiger charge is 2.34. The standard InChI is InChI=1S/C33H32N2O2S/c1-33(2,3)26-16-20-28(21-17-26)35-29(36)22-38-32(35)25-14-18-27(19-15-25)34-31(37)30(23-10-6-4-7-11-23)24-12-8-5-9-13-24/h4-21,30,32H,22H2,1-3H3,(H,34,37). The zero-order valence-electron chi connectivity index (χ0n) is 21.9. The summed E-state index contributed by atoms with van der Waals surface area (Å²) in [5.74, 6) is 0.0576. The second-order valence-electron chi connectivity index (χ2n) is 10.6. The number of amides is 2. The second-order valence-corrected chi connectivity index (χ2v) is 11.7. The van der Waals surface area contributed by atoms with E-state index >= 15 is 0 Å². The molecule has 38 heavy (non-hydrogen) atoms. The van der Waals surface area contributed by atoms with Crippen LogP contribution in [-0.4, -0.2) is 17.6 Å². The van der Waals surface area contributed by atoms with Crippen LogP contribution in [-0.2, 0) is 15.0 Å². The molecule has 5 rings (SSSR count). The summed E-state index contributed by atoms with van der Waals surface area (Å²) in [4.78, 5) is 28.2. The first-order valence-electron chi connectivity index (χ1n) is 12.9. The minimum absolute atomic E-state index is 0.0575. The van der Waals surface area contributed by atoms with Gasteiger partial charge in [0.05, 0.1) is 11.7 Å². The van der Waals surface area contributed by atoms with Crippen LogP contribution >= 0.6 is 11.8 Å². The maximum absolute atomic E-state index is 13.5. The number of rotatable bonds is 6. The molecule has 0 aliphatic carbocycles. The van der Waals surface area contributed by atoms with Crippen LogP contribution in [0.3, 0.4) is 0 Å². The van der Waals surface area contributed by atoms with Crippen molar-refractivity contribution in [1.29, 1.82) is 0 Å². The minimum Gasteiger partial charge on any atom is -0.325 e. The Morgan fingerprint density at radius 3 is 1.89 bits per heavy atom. The van der Waals surface area contributed by atoms with E-state index in [1.54, 1.807) is 11.8 Å². The lowest BCUT2D eigenvalue weighted by Crippen LogP contribution is -2.28. The lowest BCUT2D eigenvalue weighted by Gasteiger charge is -2.26. The van der Waals surface area contributed by atoms with Gasteiger partial charge in [0.2, 0.25) is 11.8 Å². The first-order chi connectivity index (χ1) is 18.3.